The number of fused-ring (bicyclic) bond motifs is 1. The van der Waals surface area contributed by atoms with Crippen LogP contribution in [0.1, 0.15) is 26.7 Å². The summed E-state index contributed by atoms with van der Waals surface area (Å²) >= 11 is 0. The Bertz CT molecular complexity index is 301. The molecule has 0 aromatic heterocycles. The van der Waals surface area contributed by atoms with Crippen LogP contribution >= 0.6 is 0 Å². The fraction of sp³-hybridized carbons (Fsp3) is 0.545. The molecule has 0 saturated heterocycles. The van der Waals surface area contributed by atoms with Crippen LogP contribution in [0.4, 0.5) is 0 Å². The Balaban J connectivity index is 2.26. The number of nitrogens with zero attached hydrogens (tertiary/aromatic N) is 1. The maximum atomic E-state index is 11.6. The van der Waals surface area contributed by atoms with Crippen LogP contribution in [0, 0.1) is 0 Å². The third-order valence-corrected chi connectivity index (χ3v) is 2.80. The van der Waals surface area contributed by atoms with Gasteiger partial charge in [0.1, 0.15) is 0 Å². The third-order valence-electron chi connectivity index (χ3n) is 2.80. The van der Waals surface area contributed by atoms with E-state index in [1.165, 1.54) is 11.1 Å². The summed E-state index contributed by atoms with van der Waals surface area (Å²) in [5.74, 6) is 0.286. The molecule has 0 aromatic carbocycles. The van der Waals surface area contributed by atoms with Crippen molar-refractivity contribution in [3.8, 4) is 0 Å². The van der Waals surface area contributed by atoms with E-state index < -0.39 is 0 Å². The molecule has 70 valence electrons. The van der Waals surface area contributed by atoms with Gasteiger partial charge < -0.3 is 4.90 Å². The molecule has 2 heterocycles. The zero-order chi connectivity index (χ0) is 9.42. The zero-order valence-corrected chi connectivity index (χ0v) is 8.21. The van der Waals surface area contributed by atoms with Crippen LogP contribution in [-0.2, 0) is 4.79 Å². The van der Waals surface area contributed by atoms with Gasteiger partial charge in [-0.2, -0.15) is 0 Å². The maximum Gasteiger partial charge on any atom is 0.227 e. The van der Waals surface area contributed by atoms with Gasteiger partial charge in [-0.25, -0.2) is 0 Å². The number of hydrogen-bond acceptors (Lipinski definition) is 1. The molecule has 1 amide bonds. The second-order valence-electron chi connectivity index (χ2n) is 4.06. The highest BCUT2D eigenvalue weighted by atomic mass is 16.2. The topological polar surface area (TPSA) is 20.3 Å². The van der Waals surface area contributed by atoms with Crippen molar-refractivity contribution in [2.45, 2.75) is 32.7 Å². The van der Waals surface area contributed by atoms with Crippen LogP contribution in [-0.4, -0.2) is 23.4 Å². The molecule has 0 saturated carbocycles. The molecule has 2 rings (SSSR count). The molecule has 2 aliphatic rings. The molecule has 0 aliphatic carbocycles. The van der Waals surface area contributed by atoms with Crippen LogP contribution in [0.2, 0.25) is 0 Å². The van der Waals surface area contributed by atoms with E-state index in [9.17, 15) is 4.79 Å². The molecule has 0 unspecified atom stereocenters. The predicted octanol–water partition coefficient (Wildman–Crippen LogP) is 1.88. The molecule has 0 N–H and O–H groups in total. The van der Waals surface area contributed by atoms with Crippen LogP contribution in [0.3, 0.4) is 0 Å². The van der Waals surface area contributed by atoms with Crippen molar-refractivity contribution in [3.63, 3.8) is 0 Å². The number of amides is 1. The summed E-state index contributed by atoms with van der Waals surface area (Å²) in [5.41, 5.74) is 2.63. The zero-order valence-electron chi connectivity index (χ0n) is 8.21. The summed E-state index contributed by atoms with van der Waals surface area (Å²) in [7, 11) is 0. The summed E-state index contributed by atoms with van der Waals surface area (Å²) in [6, 6.07) is 0.339. The highest BCUT2D eigenvalue weighted by molar-refractivity contribution is 5.81. The molecule has 1 atom stereocenters. The predicted molar refractivity (Wildman–Crippen MR) is 52.2 cm³/mol. The highest BCUT2D eigenvalue weighted by Crippen LogP contribution is 2.25. The van der Waals surface area contributed by atoms with E-state index in [0.717, 1.165) is 13.0 Å². The monoisotopic (exact) mass is 177 g/mol. The van der Waals surface area contributed by atoms with Crippen LogP contribution < -0.4 is 0 Å². The van der Waals surface area contributed by atoms with Crippen molar-refractivity contribution in [1.82, 2.24) is 4.90 Å². The first-order valence-corrected chi connectivity index (χ1v) is 4.79. The number of hydrogen-bond donors (Lipinski definition) is 0. The molecular formula is C11H15NO. The van der Waals surface area contributed by atoms with E-state index in [0.29, 0.717) is 12.5 Å². The lowest BCUT2D eigenvalue weighted by Crippen LogP contribution is -2.44. The van der Waals surface area contributed by atoms with E-state index in [1.807, 2.05) is 11.8 Å². The fourth-order valence-electron chi connectivity index (χ4n) is 2.08. The number of carbonyl (C=O) groups excluding carboxylic acids is 1. The van der Waals surface area contributed by atoms with Gasteiger partial charge in [-0.05, 0) is 20.3 Å². The summed E-state index contributed by atoms with van der Waals surface area (Å²) in [4.78, 5) is 13.6. The molecule has 0 aromatic rings. The lowest BCUT2D eigenvalue weighted by molar-refractivity contribution is -0.132. The Hall–Kier alpha value is -1.05. The lowest BCUT2D eigenvalue weighted by atomic mass is 9.94. The molecule has 0 fully saturated rings. The standard InChI is InChI=1S/C11H15NO/c1-8-3-4-12-10(5-8)6-9(2)7-11(12)13/h3,6,10H,4-5,7H2,1-2H3/t10-/m0/s1. The minimum atomic E-state index is 0.286. The fourth-order valence-corrected chi connectivity index (χ4v) is 2.08. The average molecular weight is 177 g/mol. The van der Waals surface area contributed by atoms with Gasteiger partial charge >= 0.3 is 0 Å². The first kappa shape index (κ1) is 8.54. The van der Waals surface area contributed by atoms with Gasteiger partial charge in [0.15, 0.2) is 0 Å². The van der Waals surface area contributed by atoms with E-state index >= 15 is 0 Å². The molecule has 2 nitrogen and oxygen atoms in total. The maximum absolute atomic E-state index is 11.6. The lowest BCUT2D eigenvalue weighted by Gasteiger charge is -2.36. The van der Waals surface area contributed by atoms with E-state index in [2.05, 4.69) is 19.1 Å². The van der Waals surface area contributed by atoms with Gasteiger partial charge in [0.05, 0.1) is 6.04 Å². The van der Waals surface area contributed by atoms with Crippen LogP contribution in [0.25, 0.3) is 0 Å². The highest BCUT2D eigenvalue weighted by Gasteiger charge is 2.27. The van der Waals surface area contributed by atoms with Crippen molar-refractivity contribution in [2.24, 2.45) is 0 Å². The summed E-state index contributed by atoms with van der Waals surface area (Å²) < 4.78 is 0. The Kier molecular flexibility index (Phi) is 1.98. The normalized spacial score (nSPS) is 28.0. The quantitative estimate of drug-likeness (QED) is 0.517. The average Bonchev–Trinajstić information content (AvgIpc) is 2.02. The second-order valence-corrected chi connectivity index (χ2v) is 4.06. The Morgan fingerprint density at radius 2 is 2.15 bits per heavy atom. The first-order chi connectivity index (χ1) is 6.16. The first-order valence-electron chi connectivity index (χ1n) is 4.79. The van der Waals surface area contributed by atoms with Crippen molar-refractivity contribution >= 4 is 5.91 Å². The minimum absolute atomic E-state index is 0.286. The van der Waals surface area contributed by atoms with Gasteiger partial charge in [0, 0.05) is 13.0 Å². The SMILES string of the molecule is CC1=C[C@@H]2CC(C)=CCN2C(=O)C1. The van der Waals surface area contributed by atoms with Gasteiger partial charge in [-0.1, -0.05) is 23.3 Å². The molecule has 0 radical (unpaired) electrons. The number of carbonyl (C=O) groups is 1. The third kappa shape index (κ3) is 1.53. The smallest absolute Gasteiger partial charge is 0.227 e. The Labute approximate surface area is 78.9 Å². The van der Waals surface area contributed by atoms with E-state index in [1.54, 1.807) is 0 Å². The van der Waals surface area contributed by atoms with Crippen LogP contribution in [0.5, 0.6) is 0 Å². The summed E-state index contributed by atoms with van der Waals surface area (Å²) in [5, 5.41) is 0. The van der Waals surface area contributed by atoms with Gasteiger partial charge in [0.25, 0.3) is 0 Å². The van der Waals surface area contributed by atoms with Gasteiger partial charge in [-0.3, -0.25) is 4.79 Å². The summed E-state index contributed by atoms with van der Waals surface area (Å²) in [6.45, 7) is 4.99. The summed E-state index contributed by atoms with van der Waals surface area (Å²) in [6.07, 6.45) is 6.02. The molecule has 2 aliphatic heterocycles. The van der Waals surface area contributed by atoms with E-state index in [-0.39, 0.29) is 5.91 Å². The Morgan fingerprint density at radius 3 is 2.92 bits per heavy atom. The molecule has 2 heteroatoms. The van der Waals surface area contributed by atoms with E-state index in [4.69, 9.17) is 0 Å². The van der Waals surface area contributed by atoms with Gasteiger partial charge in [-0.15, -0.1) is 0 Å². The molecule has 0 bridgehead atoms. The van der Waals surface area contributed by atoms with Crippen molar-refractivity contribution in [3.05, 3.63) is 23.3 Å². The minimum Gasteiger partial charge on any atom is -0.332 e. The Morgan fingerprint density at radius 1 is 1.38 bits per heavy atom. The molecular weight excluding hydrogens is 162 g/mol. The van der Waals surface area contributed by atoms with Crippen molar-refractivity contribution in [2.75, 3.05) is 6.54 Å². The largest absolute Gasteiger partial charge is 0.332 e. The van der Waals surface area contributed by atoms with Gasteiger partial charge in [0.2, 0.25) is 5.91 Å². The molecule has 0 spiro atoms. The second kappa shape index (κ2) is 3.02. The van der Waals surface area contributed by atoms with Crippen molar-refractivity contribution < 1.29 is 4.79 Å². The number of rotatable bonds is 0. The molecule has 13 heavy (non-hydrogen) atoms. The van der Waals surface area contributed by atoms with Crippen LogP contribution in [0.15, 0.2) is 23.3 Å². The van der Waals surface area contributed by atoms with Crippen molar-refractivity contribution in [1.29, 1.82) is 0 Å².